The summed E-state index contributed by atoms with van der Waals surface area (Å²) in [6, 6.07) is 8.14. The van der Waals surface area contributed by atoms with Gasteiger partial charge in [0.15, 0.2) is 0 Å². The van der Waals surface area contributed by atoms with Crippen LogP contribution in [0.25, 0.3) is 16.6 Å². The molecule has 7 heteroatoms. The topological polar surface area (TPSA) is 85.3 Å². The Labute approximate surface area is 165 Å². The van der Waals surface area contributed by atoms with Gasteiger partial charge < -0.3 is 15.4 Å². The molecule has 1 aromatic heterocycles. The summed E-state index contributed by atoms with van der Waals surface area (Å²) in [5.74, 6) is -2.46. The third-order valence-electron chi connectivity index (χ3n) is 5.61. The number of fused-ring (bicyclic) bond motifs is 1. The van der Waals surface area contributed by atoms with Crippen LogP contribution in [-0.2, 0) is 0 Å². The van der Waals surface area contributed by atoms with Crippen LogP contribution in [0.1, 0.15) is 47.5 Å². The standard InChI is InChI=1S/C22H20F2N2O3/c23-13-4-6-15(7-5-13)26-11-18(22(28)29)21(27)17-9-19(24)16(10-20(17)26)12-2-1-3-14(25)8-12/h4-7,9-12,14H,1-3,8,25H2,(H,28,29). The summed E-state index contributed by atoms with van der Waals surface area (Å²) < 4.78 is 29.8. The second kappa shape index (κ2) is 7.40. The number of nitrogens with zero attached hydrogens (tertiary/aromatic N) is 1. The van der Waals surface area contributed by atoms with Crippen molar-refractivity contribution < 1.29 is 18.7 Å². The van der Waals surface area contributed by atoms with Crippen molar-refractivity contribution in [1.29, 1.82) is 0 Å². The molecule has 1 aliphatic rings. The van der Waals surface area contributed by atoms with E-state index in [0.29, 0.717) is 23.2 Å². The van der Waals surface area contributed by atoms with Crippen molar-refractivity contribution in [1.82, 2.24) is 4.57 Å². The first-order chi connectivity index (χ1) is 13.8. The van der Waals surface area contributed by atoms with E-state index < -0.39 is 28.6 Å². The van der Waals surface area contributed by atoms with E-state index in [4.69, 9.17) is 5.73 Å². The first-order valence-electron chi connectivity index (χ1n) is 9.48. The first-order valence-corrected chi connectivity index (χ1v) is 9.48. The molecule has 0 spiro atoms. The van der Waals surface area contributed by atoms with Gasteiger partial charge in [-0.15, -0.1) is 0 Å². The van der Waals surface area contributed by atoms with Gasteiger partial charge in [-0.1, -0.05) is 6.42 Å². The molecule has 150 valence electrons. The molecule has 2 aromatic carbocycles. The number of benzene rings is 2. The minimum atomic E-state index is -1.41. The lowest BCUT2D eigenvalue weighted by molar-refractivity contribution is 0.0695. The molecule has 1 aliphatic carbocycles. The molecule has 0 bridgehead atoms. The monoisotopic (exact) mass is 398 g/mol. The van der Waals surface area contributed by atoms with Crippen molar-refractivity contribution in [3.05, 3.63) is 75.6 Å². The molecule has 3 aromatic rings. The fourth-order valence-electron chi connectivity index (χ4n) is 4.15. The maximum atomic E-state index is 14.9. The van der Waals surface area contributed by atoms with Crippen LogP contribution in [0.4, 0.5) is 8.78 Å². The SMILES string of the molecule is NC1CCCC(c2cc3c(cc2F)c(=O)c(C(=O)O)cn3-c2ccc(F)cc2)C1. The molecule has 29 heavy (non-hydrogen) atoms. The molecule has 1 saturated carbocycles. The van der Waals surface area contributed by atoms with Gasteiger partial charge in [0.05, 0.1) is 5.52 Å². The van der Waals surface area contributed by atoms with Crippen molar-refractivity contribution in [2.45, 2.75) is 37.6 Å². The molecule has 2 atom stereocenters. The lowest BCUT2D eigenvalue weighted by Gasteiger charge is -2.27. The molecule has 2 unspecified atom stereocenters. The number of aromatic nitrogens is 1. The number of rotatable bonds is 3. The Morgan fingerprint density at radius 3 is 2.52 bits per heavy atom. The Bertz CT molecular complexity index is 1160. The average Bonchev–Trinajstić information content (AvgIpc) is 2.69. The van der Waals surface area contributed by atoms with E-state index in [0.717, 1.165) is 25.3 Å². The summed E-state index contributed by atoms with van der Waals surface area (Å²) in [6.07, 6.45) is 4.44. The number of carboxylic acid groups (broad SMARTS) is 1. The van der Waals surface area contributed by atoms with Crippen LogP contribution in [0.2, 0.25) is 0 Å². The Balaban J connectivity index is 1.99. The van der Waals surface area contributed by atoms with Gasteiger partial charge in [0.2, 0.25) is 5.43 Å². The molecular formula is C22H20F2N2O3. The van der Waals surface area contributed by atoms with Crippen LogP contribution in [0.15, 0.2) is 47.4 Å². The highest BCUT2D eigenvalue weighted by Gasteiger charge is 2.25. The van der Waals surface area contributed by atoms with Gasteiger partial charge in [-0.3, -0.25) is 4.79 Å². The Hall–Kier alpha value is -3.06. The molecule has 4 rings (SSSR count). The normalized spacial score (nSPS) is 19.4. The van der Waals surface area contributed by atoms with Crippen LogP contribution in [0, 0.1) is 11.6 Å². The molecule has 1 heterocycles. The third kappa shape index (κ3) is 3.53. The fourth-order valence-corrected chi connectivity index (χ4v) is 4.15. The van der Waals surface area contributed by atoms with E-state index in [-0.39, 0.29) is 17.3 Å². The fraction of sp³-hybridized carbons (Fsp3) is 0.273. The van der Waals surface area contributed by atoms with E-state index in [9.17, 15) is 23.5 Å². The summed E-state index contributed by atoms with van der Waals surface area (Å²) in [5, 5.41) is 9.38. The summed E-state index contributed by atoms with van der Waals surface area (Å²) in [7, 11) is 0. The predicted octanol–water partition coefficient (Wildman–Crippen LogP) is 3.95. The number of hydrogen-bond donors (Lipinski definition) is 2. The number of hydrogen-bond acceptors (Lipinski definition) is 3. The molecule has 3 N–H and O–H groups in total. The van der Waals surface area contributed by atoms with Crippen LogP contribution in [0.5, 0.6) is 0 Å². The highest BCUT2D eigenvalue weighted by atomic mass is 19.1. The van der Waals surface area contributed by atoms with Crippen LogP contribution < -0.4 is 11.2 Å². The Kier molecular flexibility index (Phi) is 4.92. The van der Waals surface area contributed by atoms with Crippen LogP contribution in [-0.4, -0.2) is 21.7 Å². The molecule has 1 fully saturated rings. The van der Waals surface area contributed by atoms with Gasteiger partial charge in [-0.05, 0) is 67.1 Å². The lowest BCUT2D eigenvalue weighted by Crippen LogP contribution is -2.27. The largest absolute Gasteiger partial charge is 0.477 e. The van der Waals surface area contributed by atoms with E-state index >= 15 is 0 Å². The number of carbonyl (C=O) groups is 1. The minimum Gasteiger partial charge on any atom is -0.477 e. The summed E-state index contributed by atoms with van der Waals surface area (Å²) >= 11 is 0. The van der Waals surface area contributed by atoms with Gasteiger partial charge in [0.25, 0.3) is 0 Å². The van der Waals surface area contributed by atoms with Crippen molar-refractivity contribution >= 4 is 16.9 Å². The van der Waals surface area contributed by atoms with Gasteiger partial charge >= 0.3 is 5.97 Å². The van der Waals surface area contributed by atoms with Crippen molar-refractivity contribution in [3.63, 3.8) is 0 Å². The Morgan fingerprint density at radius 2 is 1.86 bits per heavy atom. The summed E-state index contributed by atoms with van der Waals surface area (Å²) in [6.45, 7) is 0. The molecule has 0 amide bonds. The van der Waals surface area contributed by atoms with E-state index in [1.807, 2.05) is 0 Å². The second-order valence-corrected chi connectivity index (χ2v) is 7.54. The first kappa shape index (κ1) is 19.3. The molecule has 0 saturated heterocycles. The van der Waals surface area contributed by atoms with Gasteiger partial charge in [-0.2, -0.15) is 0 Å². The van der Waals surface area contributed by atoms with Gasteiger partial charge in [-0.25, -0.2) is 13.6 Å². The van der Waals surface area contributed by atoms with Crippen LogP contribution >= 0.6 is 0 Å². The maximum Gasteiger partial charge on any atom is 0.341 e. The van der Waals surface area contributed by atoms with Crippen molar-refractivity contribution in [2.24, 2.45) is 5.73 Å². The smallest absolute Gasteiger partial charge is 0.341 e. The highest BCUT2D eigenvalue weighted by Crippen LogP contribution is 2.35. The van der Waals surface area contributed by atoms with E-state index in [2.05, 4.69) is 0 Å². The number of aromatic carboxylic acids is 1. The van der Waals surface area contributed by atoms with Gasteiger partial charge in [0.1, 0.15) is 17.2 Å². The van der Waals surface area contributed by atoms with Gasteiger partial charge in [0, 0.05) is 23.3 Å². The Morgan fingerprint density at radius 1 is 1.14 bits per heavy atom. The van der Waals surface area contributed by atoms with E-state index in [1.54, 1.807) is 6.07 Å². The van der Waals surface area contributed by atoms with Crippen molar-refractivity contribution in [3.8, 4) is 5.69 Å². The highest BCUT2D eigenvalue weighted by molar-refractivity contribution is 5.93. The second-order valence-electron chi connectivity index (χ2n) is 7.54. The molecule has 0 aliphatic heterocycles. The quantitative estimate of drug-likeness (QED) is 0.700. The third-order valence-corrected chi connectivity index (χ3v) is 5.61. The van der Waals surface area contributed by atoms with Crippen molar-refractivity contribution in [2.75, 3.05) is 0 Å². The zero-order valence-corrected chi connectivity index (χ0v) is 15.6. The molecular weight excluding hydrogens is 378 g/mol. The molecule has 5 nitrogen and oxygen atoms in total. The number of halogens is 2. The lowest BCUT2D eigenvalue weighted by atomic mass is 9.81. The minimum absolute atomic E-state index is 0.00229. The summed E-state index contributed by atoms with van der Waals surface area (Å²) in [4.78, 5) is 24.2. The number of nitrogens with two attached hydrogens (primary N) is 1. The average molecular weight is 398 g/mol. The molecule has 0 radical (unpaired) electrons. The number of carboxylic acids is 1. The summed E-state index contributed by atoms with van der Waals surface area (Å²) in [5.41, 5.74) is 6.14. The zero-order chi connectivity index (χ0) is 20.7. The predicted molar refractivity (Wildman–Crippen MR) is 106 cm³/mol. The van der Waals surface area contributed by atoms with Crippen LogP contribution in [0.3, 0.4) is 0 Å². The maximum absolute atomic E-state index is 14.9. The zero-order valence-electron chi connectivity index (χ0n) is 15.6. The number of pyridine rings is 1. The van der Waals surface area contributed by atoms with E-state index in [1.165, 1.54) is 35.0 Å².